The van der Waals surface area contributed by atoms with Crippen LogP contribution in [0.15, 0.2) is 29.8 Å². The number of allylic oxidation sites excluding steroid dienone is 1. The van der Waals surface area contributed by atoms with Crippen molar-refractivity contribution in [2.75, 3.05) is 13.1 Å². The van der Waals surface area contributed by atoms with Crippen LogP contribution in [0.4, 0.5) is 13.2 Å². The number of carbonyl (C=O) groups is 2. The van der Waals surface area contributed by atoms with Crippen molar-refractivity contribution >= 4 is 41.1 Å². The Morgan fingerprint density at radius 2 is 1.83 bits per heavy atom. The molecular formula is C21H23Cl2F3N2O2. The van der Waals surface area contributed by atoms with Gasteiger partial charge in [0.2, 0.25) is 0 Å². The molecule has 0 bridgehead atoms. The highest BCUT2D eigenvalue weighted by molar-refractivity contribution is 6.39. The second kappa shape index (κ2) is 9.96. The first-order valence-corrected chi connectivity index (χ1v) is 10.3. The molecule has 0 atom stereocenters. The van der Waals surface area contributed by atoms with Crippen molar-refractivity contribution < 1.29 is 22.8 Å². The molecule has 1 saturated carbocycles. The van der Waals surface area contributed by atoms with Gasteiger partial charge in [0.15, 0.2) is 5.78 Å². The molecule has 164 valence electrons. The van der Waals surface area contributed by atoms with E-state index in [-0.39, 0.29) is 58.8 Å². The van der Waals surface area contributed by atoms with Gasteiger partial charge < -0.3 is 10.3 Å². The first kappa shape index (κ1) is 24.4. The number of hydrogen-bond acceptors (Lipinski definition) is 3. The number of benzene rings is 1. The van der Waals surface area contributed by atoms with E-state index in [2.05, 4.69) is 0 Å². The minimum absolute atomic E-state index is 0.0346. The number of rotatable bonds is 9. The Morgan fingerprint density at radius 1 is 1.23 bits per heavy atom. The Labute approximate surface area is 183 Å². The third-order valence-electron chi connectivity index (χ3n) is 5.22. The molecule has 0 aromatic heterocycles. The van der Waals surface area contributed by atoms with Crippen LogP contribution >= 0.6 is 23.2 Å². The Hall–Kier alpha value is -1.86. The van der Waals surface area contributed by atoms with E-state index in [1.165, 1.54) is 4.90 Å². The molecule has 1 aromatic rings. The van der Waals surface area contributed by atoms with Gasteiger partial charge in [-0.15, -0.1) is 0 Å². The molecule has 2 rings (SSSR count). The molecule has 4 nitrogen and oxygen atoms in total. The van der Waals surface area contributed by atoms with Gasteiger partial charge in [-0.3, -0.25) is 9.59 Å². The second-order valence-corrected chi connectivity index (χ2v) is 8.61. The summed E-state index contributed by atoms with van der Waals surface area (Å²) in [5.41, 5.74) is -0.704. The highest BCUT2D eigenvalue weighted by atomic mass is 35.5. The van der Waals surface area contributed by atoms with Crippen LogP contribution in [0.3, 0.4) is 0 Å². The molecular weight excluding hydrogens is 440 g/mol. The summed E-state index contributed by atoms with van der Waals surface area (Å²) in [5.74, 6) is -1.16. The van der Waals surface area contributed by atoms with Crippen LogP contribution in [0.1, 0.15) is 49.4 Å². The average Bonchev–Trinajstić information content (AvgIpc) is 2.62. The summed E-state index contributed by atoms with van der Waals surface area (Å²) in [4.78, 5) is 26.5. The van der Waals surface area contributed by atoms with E-state index in [1.54, 1.807) is 18.2 Å². The highest BCUT2D eigenvalue weighted by Crippen LogP contribution is 2.41. The van der Waals surface area contributed by atoms with Crippen LogP contribution in [0.25, 0.3) is 0 Å². The SMILES string of the molecule is CC1(CN(CCCC(=O)c2c(Cl)cccc2Cl)C(=O)C(C=N)=CC(F)(F)F)CCC1. The van der Waals surface area contributed by atoms with Gasteiger partial charge in [0.05, 0.1) is 21.2 Å². The maximum atomic E-state index is 12.7. The Balaban J connectivity index is 2.12. The van der Waals surface area contributed by atoms with Crippen molar-refractivity contribution in [1.29, 1.82) is 5.41 Å². The lowest BCUT2D eigenvalue weighted by molar-refractivity contribution is -0.129. The van der Waals surface area contributed by atoms with Gasteiger partial charge in [0.25, 0.3) is 5.91 Å². The van der Waals surface area contributed by atoms with Crippen LogP contribution in [0.5, 0.6) is 0 Å². The number of carbonyl (C=O) groups excluding carboxylic acids is 2. The van der Waals surface area contributed by atoms with Crippen molar-refractivity contribution in [3.05, 3.63) is 45.5 Å². The summed E-state index contributed by atoms with van der Waals surface area (Å²) in [6.07, 6.45) is -1.44. The molecule has 0 radical (unpaired) electrons. The molecule has 1 amide bonds. The number of nitrogens with one attached hydrogen (secondary N) is 1. The van der Waals surface area contributed by atoms with Gasteiger partial charge in [-0.1, -0.05) is 42.6 Å². The maximum Gasteiger partial charge on any atom is 0.410 e. The molecule has 1 aromatic carbocycles. The first-order chi connectivity index (χ1) is 14.0. The van der Waals surface area contributed by atoms with E-state index in [9.17, 15) is 22.8 Å². The summed E-state index contributed by atoms with van der Waals surface area (Å²) in [6.45, 7) is 2.34. The summed E-state index contributed by atoms with van der Waals surface area (Å²) >= 11 is 12.1. The van der Waals surface area contributed by atoms with Crippen molar-refractivity contribution in [3.63, 3.8) is 0 Å². The smallest absolute Gasteiger partial charge is 0.338 e. The molecule has 0 unspecified atom stereocenters. The fraction of sp³-hybridized carbons (Fsp3) is 0.476. The highest BCUT2D eigenvalue weighted by Gasteiger charge is 2.36. The van der Waals surface area contributed by atoms with E-state index < -0.39 is 17.7 Å². The van der Waals surface area contributed by atoms with E-state index in [0.29, 0.717) is 6.21 Å². The number of ketones is 1. The van der Waals surface area contributed by atoms with Crippen molar-refractivity contribution in [2.24, 2.45) is 5.41 Å². The molecule has 1 aliphatic carbocycles. The molecule has 0 heterocycles. The molecule has 30 heavy (non-hydrogen) atoms. The van der Waals surface area contributed by atoms with Gasteiger partial charge in [0.1, 0.15) is 0 Å². The lowest BCUT2D eigenvalue weighted by Crippen LogP contribution is -2.44. The fourth-order valence-corrected chi connectivity index (χ4v) is 4.10. The normalized spacial score (nSPS) is 16.0. The van der Waals surface area contributed by atoms with Gasteiger partial charge in [-0.25, -0.2) is 0 Å². The van der Waals surface area contributed by atoms with Gasteiger partial charge in [-0.05, 0) is 36.8 Å². The van der Waals surface area contributed by atoms with Crippen LogP contribution in [-0.2, 0) is 4.79 Å². The summed E-state index contributed by atoms with van der Waals surface area (Å²) in [5, 5.41) is 7.68. The molecule has 0 spiro atoms. The Bertz CT molecular complexity index is 829. The van der Waals surface area contributed by atoms with Crippen molar-refractivity contribution in [1.82, 2.24) is 4.90 Å². The minimum atomic E-state index is -4.70. The fourth-order valence-electron chi connectivity index (χ4n) is 3.50. The predicted octanol–water partition coefficient (Wildman–Crippen LogP) is 6.11. The molecule has 0 saturated heterocycles. The quantitative estimate of drug-likeness (QED) is 0.273. The Morgan fingerprint density at radius 3 is 2.30 bits per heavy atom. The lowest BCUT2D eigenvalue weighted by atomic mass is 9.70. The number of amides is 1. The van der Waals surface area contributed by atoms with Crippen LogP contribution in [-0.4, -0.2) is 42.1 Å². The summed E-state index contributed by atoms with van der Waals surface area (Å²) < 4.78 is 38.2. The van der Waals surface area contributed by atoms with Crippen LogP contribution in [0, 0.1) is 10.8 Å². The monoisotopic (exact) mass is 462 g/mol. The zero-order valence-corrected chi connectivity index (χ0v) is 18.0. The average molecular weight is 463 g/mol. The largest absolute Gasteiger partial charge is 0.410 e. The van der Waals surface area contributed by atoms with E-state index in [1.807, 2.05) is 6.92 Å². The van der Waals surface area contributed by atoms with Crippen molar-refractivity contribution in [2.45, 2.75) is 45.2 Å². The standard InChI is InChI=1S/C21H23Cl2F3N2O2/c1-20(8-4-9-20)13-28(19(30)14(12-27)11-21(24,25)26)10-3-7-17(29)18-15(22)5-2-6-16(18)23/h2,5-6,11-12,27H,3-4,7-10,13H2,1H3. The van der Waals surface area contributed by atoms with Gasteiger partial charge >= 0.3 is 6.18 Å². The Kier molecular flexibility index (Phi) is 8.11. The van der Waals surface area contributed by atoms with Crippen molar-refractivity contribution in [3.8, 4) is 0 Å². The van der Waals surface area contributed by atoms with Crippen LogP contribution < -0.4 is 0 Å². The number of Topliss-reactive ketones (excluding diaryl/α,β-unsaturated/α-hetero) is 1. The summed E-state index contributed by atoms with van der Waals surface area (Å²) in [7, 11) is 0. The summed E-state index contributed by atoms with van der Waals surface area (Å²) in [6, 6.07) is 4.71. The van der Waals surface area contributed by atoms with Gasteiger partial charge in [-0.2, -0.15) is 13.2 Å². The van der Waals surface area contributed by atoms with E-state index >= 15 is 0 Å². The van der Waals surface area contributed by atoms with Gasteiger partial charge in [0, 0.05) is 31.8 Å². The second-order valence-electron chi connectivity index (χ2n) is 7.80. The molecule has 1 fully saturated rings. The number of halogens is 5. The maximum absolute atomic E-state index is 12.7. The van der Waals surface area contributed by atoms with E-state index in [4.69, 9.17) is 28.6 Å². The molecule has 1 aliphatic rings. The third kappa shape index (κ3) is 6.57. The molecule has 0 aliphatic heterocycles. The number of nitrogens with zero attached hydrogens (tertiary/aromatic N) is 1. The topological polar surface area (TPSA) is 61.2 Å². The zero-order chi connectivity index (χ0) is 22.5. The number of hydrogen-bond donors (Lipinski definition) is 1. The first-order valence-electron chi connectivity index (χ1n) is 9.52. The zero-order valence-electron chi connectivity index (χ0n) is 16.5. The van der Waals surface area contributed by atoms with Crippen LogP contribution in [0.2, 0.25) is 10.0 Å². The molecule has 9 heteroatoms. The lowest BCUT2D eigenvalue weighted by Gasteiger charge is -2.42. The number of alkyl halides is 3. The molecule has 1 N–H and O–H groups in total. The third-order valence-corrected chi connectivity index (χ3v) is 5.85. The predicted molar refractivity (Wildman–Crippen MR) is 111 cm³/mol. The minimum Gasteiger partial charge on any atom is -0.338 e. The van der Waals surface area contributed by atoms with E-state index in [0.717, 1.165) is 19.3 Å².